The van der Waals surface area contributed by atoms with E-state index in [1.807, 2.05) is 24.3 Å². The van der Waals surface area contributed by atoms with Gasteiger partial charge < -0.3 is 34.0 Å². The summed E-state index contributed by atoms with van der Waals surface area (Å²) < 4.78 is 22.7. The van der Waals surface area contributed by atoms with Crippen LogP contribution in [-0.4, -0.2) is 61.2 Å². The van der Waals surface area contributed by atoms with Gasteiger partial charge in [0.2, 0.25) is 0 Å². The highest BCUT2D eigenvalue weighted by Gasteiger charge is 2.37. The van der Waals surface area contributed by atoms with Gasteiger partial charge in [-0.25, -0.2) is 0 Å². The molecule has 4 rings (SSSR count). The number of ether oxygens (including phenoxy) is 4. The molecule has 5 atom stereocenters. The first kappa shape index (κ1) is 23.8. The molecule has 0 radical (unpaired) electrons. The van der Waals surface area contributed by atoms with Crippen LogP contribution >= 0.6 is 0 Å². The zero-order valence-corrected chi connectivity index (χ0v) is 19.2. The zero-order valence-electron chi connectivity index (χ0n) is 19.2. The monoisotopic (exact) mass is 467 g/mol. The van der Waals surface area contributed by atoms with Gasteiger partial charge in [0, 0.05) is 5.56 Å². The third kappa shape index (κ3) is 4.94. The van der Waals surface area contributed by atoms with Crippen molar-refractivity contribution in [2.75, 3.05) is 20.8 Å². The second-order valence-corrected chi connectivity index (χ2v) is 7.97. The summed E-state index contributed by atoms with van der Waals surface area (Å²) in [7, 11) is 3.14. The molecule has 2 aliphatic rings. The van der Waals surface area contributed by atoms with Gasteiger partial charge in [-0.3, -0.25) is 0 Å². The molecule has 2 aromatic rings. The maximum absolute atomic E-state index is 11.3. The Kier molecular flexibility index (Phi) is 7.52. The Labute approximate surface area is 198 Å². The molecule has 34 heavy (non-hydrogen) atoms. The average Bonchev–Trinajstić information content (AvgIpc) is 2.88. The van der Waals surface area contributed by atoms with Crippen LogP contribution in [0, 0.1) is 0 Å². The second kappa shape index (κ2) is 10.7. The fraction of sp³-hybridized carbons (Fsp3) is 0.346. The standard InChI is InChI=1S/C26H29NO7/c1-4-6-17-9-12-22(23(15-28)32-17)34-27-24-20-14-19(31-3)10-11-21(20)33-26(25(24)29)16-7-5-8-18(13-16)30-2/h4-5,7-14,17,22-23,25-26,28-29H,1,6,15H2,2-3H3/t17-,22+,23+,25-,26-/m1/s1. The number of rotatable bonds is 8. The Balaban J connectivity index is 1.68. The normalized spacial score (nSPS) is 26.9. The van der Waals surface area contributed by atoms with E-state index in [0.717, 1.165) is 5.56 Å². The molecule has 8 nitrogen and oxygen atoms in total. The van der Waals surface area contributed by atoms with Gasteiger partial charge in [-0.15, -0.1) is 6.58 Å². The molecule has 2 N–H and O–H groups in total. The van der Waals surface area contributed by atoms with Crippen molar-refractivity contribution in [3.8, 4) is 17.2 Å². The lowest BCUT2D eigenvalue weighted by atomic mass is 9.92. The van der Waals surface area contributed by atoms with Gasteiger partial charge >= 0.3 is 0 Å². The highest BCUT2D eigenvalue weighted by atomic mass is 16.7. The number of hydrogen-bond donors (Lipinski definition) is 2. The third-order valence-electron chi connectivity index (χ3n) is 5.79. The van der Waals surface area contributed by atoms with Crippen molar-refractivity contribution in [2.45, 2.75) is 36.9 Å². The van der Waals surface area contributed by atoms with Crippen LogP contribution in [0.25, 0.3) is 0 Å². The van der Waals surface area contributed by atoms with Gasteiger partial charge in [-0.2, -0.15) is 0 Å². The molecule has 0 saturated carbocycles. The van der Waals surface area contributed by atoms with Crippen molar-refractivity contribution in [1.82, 2.24) is 0 Å². The second-order valence-electron chi connectivity index (χ2n) is 7.97. The summed E-state index contributed by atoms with van der Waals surface area (Å²) in [6, 6.07) is 12.6. The first-order valence-electron chi connectivity index (χ1n) is 11.0. The molecule has 0 fully saturated rings. The van der Waals surface area contributed by atoms with Crippen LogP contribution in [0.5, 0.6) is 17.2 Å². The molecular formula is C26H29NO7. The molecule has 8 heteroatoms. The van der Waals surface area contributed by atoms with E-state index in [9.17, 15) is 10.2 Å². The van der Waals surface area contributed by atoms with Crippen molar-refractivity contribution in [2.24, 2.45) is 5.16 Å². The van der Waals surface area contributed by atoms with Crippen molar-refractivity contribution in [1.29, 1.82) is 0 Å². The fourth-order valence-corrected chi connectivity index (χ4v) is 3.99. The molecule has 0 saturated heterocycles. The van der Waals surface area contributed by atoms with Gasteiger partial charge in [0.1, 0.15) is 35.2 Å². The lowest BCUT2D eigenvalue weighted by Gasteiger charge is -2.33. The van der Waals surface area contributed by atoms with Crippen molar-refractivity contribution in [3.63, 3.8) is 0 Å². The lowest BCUT2D eigenvalue weighted by Crippen LogP contribution is -2.40. The van der Waals surface area contributed by atoms with Crippen LogP contribution in [0.1, 0.15) is 23.7 Å². The van der Waals surface area contributed by atoms with Crippen molar-refractivity contribution < 1.29 is 34.0 Å². The number of aliphatic hydroxyl groups is 2. The van der Waals surface area contributed by atoms with Gasteiger partial charge in [0.25, 0.3) is 0 Å². The van der Waals surface area contributed by atoms with Gasteiger partial charge in [-0.1, -0.05) is 29.4 Å². The van der Waals surface area contributed by atoms with Crippen LogP contribution in [0.2, 0.25) is 0 Å². The molecule has 2 heterocycles. The van der Waals surface area contributed by atoms with E-state index in [4.69, 9.17) is 23.8 Å². The number of aliphatic hydroxyl groups excluding tert-OH is 2. The number of benzene rings is 2. The quantitative estimate of drug-likeness (QED) is 0.454. The number of methoxy groups -OCH3 is 2. The van der Waals surface area contributed by atoms with Crippen LogP contribution < -0.4 is 14.2 Å². The maximum Gasteiger partial charge on any atom is 0.174 e. The van der Waals surface area contributed by atoms with Crippen LogP contribution in [0.15, 0.2) is 72.4 Å². The Hall–Kier alpha value is -3.33. The number of nitrogens with zero attached hydrogens (tertiary/aromatic N) is 1. The minimum absolute atomic E-state index is 0.182. The van der Waals surface area contributed by atoms with Crippen molar-refractivity contribution >= 4 is 5.71 Å². The van der Waals surface area contributed by atoms with Crippen LogP contribution in [-0.2, 0) is 9.57 Å². The van der Waals surface area contributed by atoms with E-state index in [-0.39, 0.29) is 18.4 Å². The van der Waals surface area contributed by atoms with E-state index >= 15 is 0 Å². The Bertz CT molecular complexity index is 1070. The Morgan fingerprint density at radius 1 is 1.09 bits per heavy atom. The lowest BCUT2D eigenvalue weighted by molar-refractivity contribution is -0.101. The first-order valence-corrected chi connectivity index (χ1v) is 11.0. The maximum atomic E-state index is 11.3. The number of fused-ring (bicyclic) bond motifs is 1. The van der Waals surface area contributed by atoms with E-state index in [1.165, 1.54) is 0 Å². The predicted molar refractivity (Wildman–Crippen MR) is 126 cm³/mol. The predicted octanol–water partition coefficient (Wildman–Crippen LogP) is 3.18. The summed E-state index contributed by atoms with van der Waals surface area (Å²) >= 11 is 0. The minimum atomic E-state index is -1.14. The highest BCUT2D eigenvalue weighted by Crippen LogP contribution is 2.38. The molecular weight excluding hydrogens is 438 g/mol. The fourth-order valence-electron chi connectivity index (χ4n) is 3.99. The summed E-state index contributed by atoms with van der Waals surface area (Å²) in [5.74, 6) is 1.76. The molecule has 180 valence electrons. The molecule has 0 amide bonds. The number of oxime groups is 1. The molecule has 2 aliphatic heterocycles. The largest absolute Gasteiger partial charge is 0.497 e. The van der Waals surface area contributed by atoms with E-state index in [2.05, 4.69) is 11.7 Å². The first-order chi connectivity index (χ1) is 16.6. The van der Waals surface area contributed by atoms with E-state index in [1.54, 1.807) is 50.6 Å². The SMILES string of the molecule is C=CC[C@@H]1C=C[C@H](ON=C2c3cc(OC)ccc3O[C@H](c3cccc(OC)c3)[C@@H]2O)[C@H](CO)O1. The van der Waals surface area contributed by atoms with Crippen molar-refractivity contribution in [3.05, 3.63) is 78.4 Å². The molecule has 0 aromatic heterocycles. The van der Waals surface area contributed by atoms with Crippen LogP contribution in [0.4, 0.5) is 0 Å². The van der Waals surface area contributed by atoms with E-state index < -0.39 is 24.4 Å². The summed E-state index contributed by atoms with van der Waals surface area (Å²) in [6.45, 7) is 3.48. The zero-order chi connectivity index (χ0) is 24.1. The summed E-state index contributed by atoms with van der Waals surface area (Å²) in [6.07, 6.45) is 2.76. The summed E-state index contributed by atoms with van der Waals surface area (Å²) in [4.78, 5) is 5.79. The smallest absolute Gasteiger partial charge is 0.174 e. The molecule has 0 bridgehead atoms. The molecule has 2 aromatic carbocycles. The average molecular weight is 468 g/mol. The van der Waals surface area contributed by atoms with E-state index in [0.29, 0.717) is 29.2 Å². The minimum Gasteiger partial charge on any atom is -0.497 e. The van der Waals surface area contributed by atoms with Gasteiger partial charge in [0.05, 0.1) is 26.9 Å². The summed E-state index contributed by atoms with van der Waals surface area (Å²) in [5, 5.41) is 25.4. The topological polar surface area (TPSA) is 99.0 Å². The Morgan fingerprint density at radius 3 is 2.62 bits per heavy atom. The molecule has 0 unspecified atom stereocenters. The molecule has 0 aliphatic carbocycles. The highest BCUT2D eigenvalue weighted by molar-refractivity contribution is 6.07. The number of hydrogen-bond acceptors (Lipinski definition) is 8. The molecule has 0 spiro atoms. The third-order valence-corrected chi connectivity index (χ3v) is 5.79. The summed E-state index contributed by atoms with van der Waals surface area (Å²) in [5.41, 5.74) is 1.56. The van der Waals surface area contributed by atoms with Crippen LogP contribution in [0.3, 0.4) is 0 Å². The van der Waals surface area contributed by atoms with Gasteiger partial charge in [0.15, 0.2) is 12.2 Å². The Morgan fingerprint density at radius 2 is 1.88 bits per heavy atom. The van der Waals surface area contributed by atoms with Gasteiger partial charge in [-0.05, 0) is 48.4 Å².